The lowest BCUT2D eigenvalue weighted by atomic mass is 10.0. The van der Waals surface area contributed by atoms with Crippen LogP contribution in [0.25, 0.3) is 0 Å². The Labute approximate surface area is 207 Å². The molecule has 0 radical (unpaired) electrons. The van der Waals surface area contributed by atoms with Gasteiger partial charge in [-0.3, -0.25) is 4.79 Å². The molecule has 7 heteroatoms. The number of nitrogens with zero attached hydrogens (tertiary/aromatic N) is 1. The maximum atomic E-state index is 12.5. The lowest BCUT2D eigenvalue weighted by Gasteiger charge is -2.17. The summed E-state index contributed by atoms with van der Waals surface area (Å²) in [4.78, 5) is 31.4. The average molecular weight is 479 g/mol. The maximum absolute atomic E-state index is 12.5. The van der Waals surface area contributed by atoms with Crippen molar-refractivity contribution >= 4 is 11.9 Å². The molecule has 1 unspecified atom stereocenters. The molecule has 1 rings (SSSR count). The summed E-state index contributed by atoms with van der Waals surface area (Å²) >= 11 is 0. The first-order valence-corrected chi connectivity index (χ1v) is 13.8. The van der Waals surface area contributed by atoms with Gasteiger partial charge in [0.25, 0.3) is 0 Å². The molecular formula is C27H50N4O3. The highest BCUT2D eigenvalue weighted by Gasteiger charge is 2.23. The fraction of sp³-hybridized carbons (Fsp3) is 0.815. The summed E-state index contributed by atoms with van der Waals surface area (Å²) in [5.74, 6) is -0.656. The maximum Gasteiger partial charge on any atom is 0.329 e. The first-order chi connectivity index (χ1) is 16.7. The number of esters is 1. The molecule has 1 amide bonds. The van der Waals surface area contributed by atoms with Gasteiger partial charge in [-0.15, -0.1) is 0 Å². The average Bonchev–Trinajstić information content (AvgIpc) is 3.34. The van der Waals surface area contributed by atoms with E-state index in [0.717, 1.165) is 12.8 Å². The van der Waals surface area contributed by atoms with Gasteiger partial charge in [0, 0.05) is 25.6 Å². The molecule has 0 saturated heterocycles. The Morgan fingerprint density at radius 2 is 1.44 bits per heavy atom. The SMILES string of the molecule is CCCCCCCCCCCCCCCCCCOC(=O)C(Cc1c[nH]cn1)NC(=O)CCN. The van der Waals surface area contributed by atoms with Gasteiger partial charge in [0.15, 0.2) is 0 Å². The van der Waals surface area contributed by atoms with Crippen LogP contribution in [0.1, 0.15) is 122 Å². The predicted octanol–water partition coefficient (Wildman–Crippen LogP) is 5.59. The van der Waals surface area contributed by atoms with E-state index in [0.29, 0.717) is 18.7 Å². The number of H-pyrrole nitrogens is 1. The Kier molecular flexibility index (Phi) is 19.2. The second-order valence-electron chi connectivity index (χ2n) is 9.39. The highest BCUT2D eigenvalue weighted by molar-refractivity contribution is 5.84. The van der Waals surface area contributed by atoms with E-state index in [1.54, 1.807) is 12.5 Å². The van der Waals surface area contributed by atoms with Gasteiger partial charge in [0.1, 0.15) is 6.04 Å². The molecule has 7 nitrogen and oxygen atoms in total. The van der Waals surface area contributed by atoms with Gasteiger partial charge in [-0.1, -0.05) is 103 Å². The fourth-order valence-corrected chi connectivity index (χ4v) is 4.13. The zero-order chi connectivity index (χ0) is 24.7. The molecule has 0 aromatic carbocycles. The first-order valence-electron chi connectivity index (χ1n) is 13.8. The number of carbonyl (C=O) groups excluding carboxylic acids is 2. The first kappa shape index (κ1) is 30.1. The molecule has 0 saturated carbocycles. The summed E-state index contributed by atoms with van der Waals surface area (Å²) in [6.45, 7) is 2.91. The Hall–Kier alpha value is -1.89. The summed E-state index contributed by atoms with van der Waals surface area (Å²) in [5.41, 5.74) is 6.14. The number of hydrogen-bond acceptors (Lipinski definition) is 5. The minimum absolute atomic E-state index is 0.184. The number of nitrogens with one attached hydrogen (secondary N) is 2. The van der Waals surface area contributed by atoms with Crippen LogP contribution in [0.15, 0.2) is 12.5 Å². The van der Waals surface area contributed by atoms with Crippen LogP contribution in [0.5, 0.6) is 0 Å². The lowest BCUT2D eigenvalue weighted by molar-refractivity contribution is -0.148. The van der Waals surface area contributed by atoms with Crippen molar-refractivity contribution in [3.8, 4) is 0 Å². The molecule has 34 heavy (non-hydrogen) atoms. The van der Waals surface area contributed by atoms with E-state index in [4.69, 9.17) is 10.5 Å². The molecule has 0 fully saturated rings. The topological polar surface area (TPSA) is 110 Å². The number of imidazole rings is 1. The Bertz CT molecular complexity index is 607. The third-order valence-electron chi connectivity index (χ3n) is 6.20. The molecule has 0 aliphatic carbocycles. The van der Waals surface area contributed by atoms with Crippen LogP contribution in [-0.4, -0.2) is 41.0 Å². The minimum atomic E-state index is -0.733. The van der Waals surface area contributed by atoms with Crippen molar-refractivity contribution in [2.45, 2.75) is 129 Å². The molecule has 1 heterocycles. The molecular weight excluding hydrogens is 428 g/mol. The minimum Gasteiger partial charge on any atom is -0.464 e. The number of amides is 1. The number of carbonyl (C=O) groups is 2. The zero-order valence-corrected chi connectivity index (χ0v) is 21.6. The number of ether oxygens (including phenoxy) is 1. The van der Waals surface area contributed by atoms with E-state index in [1.807, 2.05) is 0 Å². The standard InChI is InChI=1S/C27H50N4O3/c1-2-3-4-5-6-7-8-9-10-11-12-13-14-15-16-17-20-34-27(33)25(31-26(32)18-19-28)21-24-22-29-23-30-24/h22-23,25H,2-21,28H2,1H3,(H,29,30)(H,31,32). The highest BCUT2D eigenvalue weighted by atomic mass is 16.5. The third-order valence-corrected chi connectivity index (χ3v) is 6.20. The third kappa shape index (κ3) is 16.7. The Morgan fingerprint density at radius 1 is 0.912 bits per heavy atom. The van der Waals surface area contributed by atoms with E-state index < -0.39 is 12.0 Å². The molecule has 0 spiro atoms. The molecule has 0 bridgehead atoms. The van der Waals surface area contributed by atoms with Gasteiger partial charge in [0.2, 0.25) is 5.91 Å². The molecule has 4 N–H and O–H groups in total. The van der Waals surface area contributed by atoms with Gasteiger partial charge >= 0.3 is 5.97 Å². The van der Waals surface area contributed by atoms with Crippen molar-refractivity contribution < 1.29 is 14.3 Å². The van der Waals surface area contributed by atoms with Crippen molar-refractivity contribution in [2.75, 3.05) is 13.2 Å². The van der Waals surface area contributed by atoms with Crippen LogP contribution >= 0.6 is 0 Å². The molecule has 1 aromatic heterocycles. The predicted molar refractivity (Wildman–Crippen MR) is 138 cm³/mol. The number of aromatic nitrogens is 2. The number of nitrogens with two attached hydrogens (primary N) is 1. The number of rotatable bonds is 23. The van der Waals surface area contributed by atoms with Crippen LogP contribution in [0.4, 0.5) is 0 Å². The van der Waals surface area contributed by atoms with E-state index in [-0.39, 0.29) is 18.9 Å². The fourth-order valence-electron chi connectivity index (χ4n) is 4.13. The van der Waals surface area contributed by atoms with Crippen molar-refractivity contribution in [3.05, 3.63) is 18.2 Å². The second kappa shape index (κ2) is 21.6. The molecule has 1 atom stereocenters. The van der Waals surface area contributed by atoms with E-state index in [1.165, 1.54) is 89.9 Å². The largest absolute Gasteiger partial charge is 0.464 e. The van der Waals surface area contributed by atoms with Crippen LogP contribution < -0.4 is 11.1 Å². The summed E-state index contributed by atoms with van der Waals surface area (Å²) in [7, 11) is 0. The van der Waals surface area contributed by atoms with E-state index >= 15 is 0 Å². The van der Waals surface area contributed by atoms with Gasteiger partial charge in [0.05, 0.1) is 18.6 Å². The Morgan fingerprint density at radius 3 is 1.91 bits per heavy atom. The summed E-state index contributed by atoms with van der Waals surface area (Å²) in [6, 6.07) is -0.733. The smallest absolute Gasteiger partial charge is 0.329 e. The lowest BCUT2D eigenvalue weighted by Crippen LogP contribution is -2.44. The van der Waals surface area contributed by atoms with Gasteiger partial charge in [-0.2, -0.15) is 0 Å². The summed E-state index contributed by atoms with van der Waals surface area (Å²) < 4.78 is 5.43. The van der Waals surface area contributed by atoms with Crippen LogP contribution in [0.3, 0.4) is 0 Å². The van der Waals surface area contributed by atoms with Gasteiger partial charge in [-0.05, 0) is 6.42 Å². The molecule has 0 aliphatic heterocycles. The van der Waals surface area contributed by atoms with Crippen LogP contribution in [0.2, 0.25) is 0 Å². The van der Waals surface area contributed by atoms with E-state index in [9.17, 15) is 9.59 Å². The van der Waals surface area contributed by atoms with E-state index in [2.05, 4.69) is 22.2 Å². The number of unbranched alkanes of at least 4 members (excludes halogenated alkanes) is 15. The number of aromatic amines is 1. The van der Waals surface area contributed by atoms with Crippen molar-refractivity contribution in [2.24, 2.45) is 5.73 Å². The molecule has 196 valence electrons. The van der Waals surface area contributed by atoms with Crippen molar-refractivity contribution in [3.63, 3.8) is 0 Å². The summed E-state index contributed by atoms with van der Waals surface area (Å²) in [5, 5.41) is 2.72. The second-order valence-corrected chi connectivity index (χ2v) is 9.39. The summed E-state index contributed by atoms with van der Waals surface area (Å²) in [6.07, 6.45) is 24.7. The Balaban J connectivity index is 1.99. The molecule has 1 aromatic rings. The quantitative estimate of drug-likeness (QED) is 0.140. The monoisotopic (exact) mass is 478 g/mol. The number of hydrogen-bond donors (Lipinski definition) is 3. The zero-order valence-electron chi connectivity index (χ0n) is 21.6. The normalized spacial score (nSPS) is 11.9. The van der Waals surface area contributed by atoms with Crippen molar-refractivity contribution in [1.82, 2.24) is 15.3 Å². The van der Waals surface area contributed by atoms with Crippen LogP contribution in [0, 0.1) is 0 Å². The van der Waals surface area contributed by atoms with Crippen molar-refractivity contribution in [1.29, 1.82) is 0 Å². The van der Waals surface area contributed by atoms with Gasteiger partial charge < -0.3 is 20.8 Å². The van der Waals surface area contributed by atoms with Gasteiger partial charge in [-0.25, -0.2) is 9.78 Å². The molecule has 0 aliphatic rings. The van der Waals surface area contributed by atoms with Crippen LogP contribution in [-0.2, 0) is 20.7 Å². The highest BCUT2D eigenvalue weighted by Crippen LogP contribution is 2.14.